The minimum atomic E-state index is -0.485. The van der Waals surface area contributed by atoms with Gasteiger partial charge in [0.25, 0.3) is 0 Å². The first kappa shape index (κ1) is 17.9. The Morgan fingerprint density at radius 3 is 2.64 bits per heavy atom. The number of nitrogens with zero attached hydrogens (tertiary/aromatic N) is 4. The van der Waals surface area contributed by atoms with Gasteiger partial charge < -0.3 is 15.8 Å². The van der Waals surface area contributed by atoms with Gasteiger partial charge in [0.1, 0.15) is 22.3 Å². The normalized spacial score (nSPS) is 21.3. The van der Waals surface area contributed by atoms with Crippen LogP contribution in [-0.4, -0.2) is 37.5 Å². The first-order valence-corrected chi connectivity index (χ1v) is 9.17. The first-order valence-electron chi connectivity index (χ1n) is 8.38. The van der Waals surface area contributed by atoms with Gasteiger partial charge in [-0.1, -0.05) is 0 Å². The second-order valence-corrected chi connectivity index (χ2v) is 8.10. The van der Waals surface area contributed by atoms with Crippen LogP contribution >= 0.6 is 15.9 Å². The number of anilines is 1. The average Bonchev–Trinajstić information content (AvgIpc) is 2.84. The average molecular weight is 411 g/mol. The molecule has 8 nitrogen and oxygen atoms in total. The number of nitrogens with one attached hydrogen (secondary N) is 1. The molecular weight excluding hydrogens is 388 g/mol. The van der Waals surface area contributed by atoms with E-state index < -0.39 is 5.60 Å². The van der Waals surface area contributed by atoms with Crippen LogP contribution in [0.15, 0.2) is 10.9 Å². The van der Waals surface area contributed by atoms with Gasteiger partial charge in [-0.05, 0) is 62.4 Å². The largest absolute Gasteiger partial charge is 0.444 e. The molecule has 3 N–H and O–H groups in total. The first-order chi connectivity index (χ1) is 11.7. The van der Waals surface area contributed by atoms with Gasteiger partial charge in [-0.15, -0.1) is 0 Å². The maximum atomic E-state index is 11.9. The van der Waals surface area contributed by atoms with Crippen molar-refractivity contribution in [2.45, 2.75) is 64.1 Å². The van der Waals surface area contributed by atoms with E-state index in [1.54, 1.807) is 0 Å². The number of ether oxygens (including phenoxy) is 1. The molecule has 1 saturated carbocycles. The molecule has 2 heterocycles. The predicted octanol–water partition coefficient (Wildman–Crippen LogP) is 3.18. The molecular formula is C16H23BrN6O2. The van der Waals surface area contributed by atoms with E-state index >= 15 is 0 Å². The highest BCUT2D eigenvalue weighted by Gasteiger charge is 2.28. The van der Waals surface area contributed by atoms with E-state index in [0.29, 0.717) is 10.4 Å². The van der Waals surface area contributed by atoms with Crippen molar-refractivity contribution in [1.29, 1.82) is 0 Å². The molecule has 0 saturated heterocycles. The molecule has 2 aromatic heterocycles. The fourth-order valence-corrected chi connectivity index (χ4v) is 3.70. The molecule has 1 fully saturated rings. The summed E-state index contributed by atoms with van der Waals surface area (Å²) in [6, 6.07) is 0.343. The Morgan fingerprint density at radius 2 is 2.00 bits per heavy atom. The van der Waals surface area contributed by atoms with Crippen molar-refractivity contribution in [3.63, 3.8) is 0 Å². The number of aromatic nitrogens is 4. The van der Waals surface area contributed by atoms with Gasteiger partial charge in [0.2, 0.25) is 0 Å². The molecule has 0 aliphatic heterocycles. The lowest BCUT2D eigenvalue weighted by Gasteiger charge is -2.30. The van der Waals surface area contributed by atoms with Crippen LogP contribution in [0.5, 0.6) is 0 Å². The van der Waals surface area contributed by atoms with Crippen molar-refractivity contribution in [1.82, 2.24) is 25.1 Å². The summed E-state index contributed by atoms with van der Waals surface area (Å²) < 4.78 is 7.90. The number of alkyl carbamates (subject to hydrolysis) is 1. The summed E-state index contributed by atoms with van der Waals surface area (Å²) in [5.74, 6) is 0.420. The Bertz CT molecular complexity index is 777. The molecule has 0 atom stereocenters. The van der Waals surface area contributed by atoms with Gasteiger partial charge in [-0.3, -0.25) is 0 Å². The SMILES string of the molecule is CC(C)(C)OC(=O)N[C@H]1CC[C@H](n2nc(Br)c3c(N)ncnc32)CC1. The summed E-state index contributed by atoms with van der Waals surface area (Å²) in [7, 11) is 0. The Labute approximate surface area is 154 Å². The van der Waals surface area contributed by atoms with Crippen LogP contribution in [0.4, 0.5) is 10.6 Å². The summed E-state index contributed by atoms with van der Waals surface area (Å²) in [5.41, 5.74) is 6.19. The van der Waals surface area contributed by atoms with Crippen LogP contribution in [0.2, 0.25) is 0 Å². The second-order valence-electron chi connectivity index (χ2n) is 7.34. The topological polar surface area (TPSA) is 108 Å². The smallest absolute Gasteiger partial charge is 0.407 e. The van der Waals surface area contributed by atoms with Gasteiger partial charge in [0.05, 0.1) is 11.4 Å². The third-order valence-electron chi connectivity index (χ3n) is 4.24. The van der Waals surface area contributed by atoms with Crippen LogP contribution in [0.1, 0.15) is 52.5 Å². The fraction of sp³-hybridized carbons (Fsp3) is 0.625. The molecule has 1 aliphatic carbocycles. The molecule has 25 heavy (non-hydrogen) atoms. The monoisotopic (exact) mass is 410 g/mol. The third kappa shape index (κ3) is 4.02. The van der Waals surface area contributed by atoms with Crippen molar-refractivity contribution in [2.75, 3.05) is 5.73 Å². The summed E-state index contributed by atoms with van der Waals surface area (Å²) >= 11 is 3.44. The minimum Gasteiger partial charge on any atom is -0.444 e. The molecule has 3 rings (SSSR count). The van der Waals surface area contributed by atoms with Crippen molar-refractivity contribution in [2.24, 2.45) is 0 Å². The Hall–Kier alpha value is -1.90. The summed E-state index contributed by atoms with van der Waals surface area (Å²) in [6.45, 7) is 5.58. The summed E-state index contributed by atoms with van der Waals surface area (Å²) in [6.07, 6.45) is 4.62. The number of hydrogen-bond acceptors (Lipinski definition) is 6. The Kier molecular flexibility index (Phi) is 4.86. The molecule has 0 bridgehead atoms. The molecule has 2 aromatic rings. The minimum absolute atomic E-state index is 0.121. The summed E-state index contributed by atoms with van der Waals surface area (Å²) in [4.78, 5) is 20.3. The number of hydrogen-bond donors (Lipinski definition) is 2. The highest BCUT2D eigenvalue weighted by molar-refractivity contribution is 9.10. The van der Waals surface area contributed by atoms with E-state index in [4.69, 9.17) is 10.5 Å². The fourth-order valence-electron chi connectivity index (χ4n) is 3.15. The highest BCUT2D eigenvalue weighted by atomic mass is 79.9. The van der Waals surface area contributed by atoms with Crippen molar-refractivity contribution in [3.8, 4) is 0 Å². The van der Waals surface area contributed by atoms with E-state index in [1.165, 1.54) is 6.33 Å². The lowest BCUT2D eigenvalue weighted by Crippen LogP contribution is -2.41. The second kappa shape index (κ2) is 6.78. The molecule has 0 spiro atoms. The Balaban J connectivity index is 1.65. The quantitative estimate of drug-likeness (QED) is 0.786. The van der Waals surface area contributed by atoms with Crippen molar-refractivity contribution in [3.05, 3.63) is 10.9 Å². The Morgan fingerprint density at radius 1 is 1.32 bits per heavy atom. The van der Waals surface area contributed by atoms with Gasteiger partial charge >= 0.3 is 6.09 Å². The van der Waals surface area contributed by atoms with Gasteiger partial charge in [-0.25, -0.2) is 19.4 Å². The molecule has 1 aliphatic rings. The number of fused-ring (bicyclic) bond motifs is 1. The number of halogens is 1. The van der Waals surface area contributed by atoms with Crippen LogP contribution in [0.3, 0.4) is 0 Å². The highest BCUT2D eigenvalue weighted by Crippen LogP contribution is 2.34. The van der Waals surface area contributed by atoms with Crippen LogP contribution in [0.25, 0.3) is 11.0 Å². The molecule has 9 heteroatoms. The van der Waals surface area contributed by atoms with Crippen molar-refractivity contribution >= 4 is 38.9 Å². The molecule has 0 unspecified atom stereocenters. The zero-order valence-corrected chi connectivity index (χ0v) is 16.2. The van der Waals surface area contributed by atoms with Crippen LogP contribution in [-0.2, 0) is 4.74 Å². The van der Waals surface area contributed by atoms with Gasteiger partial charge in [0, 0.05) is 6.04 Å². The molecule has 0 aromatic carbocycles. The summed E-state index contributed by atoms with van der Waals surface area (Å²) in [5, 5.41) is 8.25. The van der Waals surface area contributed by atoms with Crippen LogP contribution in [0, 0.1) is 0 Å². The maximum absolute atomic E-state index is 11.9. The zero-order valence-electron chi connectivity index (χ0n) is 14.6. The number of nitrogen functional groups attached to an aromatic ring is 1. The number of carbonyl (C=O) groups is 1. The lowest BCUT2D eigenvalue weighted by atomic mass is 9.91. The maximum Gasteiger partial charge on any atom is 0.407 e. The number of amides is 1. The van der Waals surface area contributed by atoms with E-state index in [0.717, 1.165) is 36.7 Å². The molecule has 136 valence electrons. The number of nitrogens with two attached hydrogens (primary N) is 1. The van der Waals surface area contributed by atoms with Gasteiger partial charge in [-0.2, -0.15) is 5.10 Å². The predicted molar refractivity (Wildman–Crippen MR) is 98.1 cm³/mol. The van der Waals surface area contributed by atoms with E-state index in [2.05, 4.69) is 36.3 Å². The zero-order chi connectivity index (χ0) is 18.2. The number of carbonyl (C=O) groups excluding carboxylic acids is 1. The van der Waals surface area contributed by atoms with Crippen molar-refractivity contribution < 1.29 is 9.53 Å². The molecule has 0 radical (unpaired) electrons. The van der Waals surface area contributed by atoms with E-state index in [1.807, 2.05) is 25.5 Å². The van der Waals surface area contributed by atoms with E-state index in [9.17, 15) is 4.79 Å². The van der Waals surface area contributed by atoms with E-state index in [-0.39, 0.29) is 18.2 Å². The molecule has 1 amide bonds. The lowest BCUT2D eigenvalue weighted by molar-refractivity contribution is 0.0487. The standard InChI is InChI=1S/C16H23BrN6O2/c1-16(2,3)25-15(24)21-9-4-6-10(7-5-9)23-14-11(12(17)22-23)13(18)19-8-20-14/h8-10H,4-7H2,1-3H3,(H,21,24)(H2,18,19,20)/t9-,10-. The number of rotatable bonds is 2. The van der Waals surface area contributed by atoms with Gasteiger partial charge in [0.15, 0.2) is 5.65 Å². The third-order valence-corrected chi connectivity index (χ3v) is 4.79. The van der Waals surface area contributed by atoms with Crippen LogP contribution < -0.4 is 11.1 Å².